The molecule has 1 atom stereocenters. The summed E-state index contributed by atoms with van der Waals surface area (Å²) in [6.45, 7) is 0.418. The van der Waals surface area contributed by atoms with Crippen LogP contribution in [0.2, 0.25) is 0 Å². The van der Waals surface area contributed by atoms with Gasteiger partial charge in [0, 0.05) is 31.1 Å². The molecular formula is C16H19N3O2S. The van der Waals surface area contributed by atoms with Crippen LogP contribution >= 0.6 is 12.6 Å². The number of imidazole rings is 1. The van der Waals surface area contributed by atoms with Crippen LogP contribution in [0.5, 0.6) is 0 Å². The van der Waals surface area contributed by atoms with Gasteiger partial charge in [-0.2, -0.15) is 12.6 Å². The van der Waals surface area contributed by atoms with E-state index in [1.54, 1.807) is 0 Å². The SMILES string of the molecule is O=C1CCC(=O)N1CC(S)CCCc1nc2ccccc2[nH]1. The number of aryl methyl sites for hydroxylation is 1. The molecule has 0 saturated carbocycles. The number of hydrogen-bond donors (Lipinski definition) is 2. The van der Waals surface area contributed by atoms with E-state index in [-0.39, 0.29) is 17.1 Å². The molecule has 2 amide bonds. The van der Waals surface area contributed by atoms with Crippen LogP contribution in [0.4, 0.5) is 0 Å². The zero-order chi connectivity index (χ0) is 15.5. The molecule has 1 aromatic heterocycles. The lowest BCUT2D eigenvalue weighted by Gasteiger charge is -2.18. The largest absolute Gasteiger partial charge is 0.342 e. The van der Waals surface area contributed by atoms with Crippen LogP contribution in [0.1, 0.15) is 31.5 Å². The first-order chi connectivity index (χ1) is 10.6. The second-order valence-electron chi connectivity index (χ2n) is 5.64. The normalized spacial score (nSPS) is 16.7. The van der Waals surface area contributed by atoms with Crippen molar-refractivity contribution in [3.63, 3.8) is 0 Å². The molecule has 2 heterocycles. The Balaban J connectivity index is 1.48. The summed E-state index contributed by atoms with van der Waals surface area (Å²) < 4.78 is 0. The van der Waals surface area contributed by atoms with Gasteiger partial charge in [-0.25, -0.2) is 4.98 Å². The van der Waals surface area contributed by atoms with Gasteiger partial charge in [-0.1, -0.05) is 12.1 Å². The number of likely N-dealkylation sites (tertiary alicyclic amines) is 1. The monoisotopic (exact) mass is 317 g/mol. The lowest BCUT2D eigenvalue weighted by molar-refractivity contribution is -0.138. The van der Waals surface area contributed by atoms with E-state index < -0.39 is 0 Å². The number of fused-ring (bicyclic) bond motifs is 1. The molecule has 1 aromatic carbocycles. The summed E-state index contributed by atoms with van der Waals surface area (Å²) in [5.74, 6) is 0.831. The minimum atomic E-state index is -0.0682. The fourth-order valence-electron chi connectivity index (χ4n) is 2.76. The Morgan fingerprint density at radius 1 is 1.23 bits per heavy atom. The number of aromatic amines is 1. The van der Waals surface area contributed by atoms with E-state index in [1.807, 2.05) is 24.3 Å². The minimum Gasteiger partial charge on any atom is -0.342 e. The molecule has 0 bridgehead atoms. The van der Waals surface area contributed by atoms with Crippen molar-refractivity contribution in [1.29, 1.82) is 0 Å². The molecular weight excluding hydrogens is 298 g/mol. The van der Waals surface area contributed by atoms with Gasteiger partial charge in [0.05, 0.1) is 11.0 Å². The molecule has 1 aliphatic heterocycles. The number of nitrogens with zero attached hydrogens (tertiary/aromatic N) is 2. The average Bonchev–Trinajstić information content (AvgIpc) is 3.05. The topological polar surface area (TPSA) is 66.1 Å². The Labute approximate surface area is 134 Å². The van der Waals surface area contributed by atoms with Crippen molar-refractivity contribution in [2.45, 2.75) is 37.4 Å². The molecule has 22 heavy (non-hydrogen) atoms. The van der Waals surface area contributed by atoms with Gasteiger partial charge in [0.25, 0.3) is 0 Å². The number of para-hydroxylation sites is 2. The molecule has 1 saturated heterocycles. The number of carbonyl (C=O) groups excluding carboxylic acids is 2. The zero-order valence-electron chi connectivity index (χ0n) is 12.3. The Kier molecular flexibility index (Phi) is 4.47. The van der Waals surface area contributed by atoms with Gasteiger partial charge >= 0.3 is 0 Å². The number of nitrogens with one attached hydrogen (secondary N) is 1. The Morgan fingerprint density at radius 3 is 2.68 bits per heavy atom. The quantitative estimate of drug-likeness (QED) is 0.635. The fraction of sp³-hybridized carbons (Fsp3) is 0.438. The van der Waals surface area contributed by atoms with Crippen molar-refractivity contribution >= 4 is 35.5 Å². The Morgan fingerprint density at radius 2 is 1.95 bits per heavy atom. The number of amides is 2. The predicted octanol–water partition coefficient (Wildman–Crippen LogP) is 2.33. The molecule has 0 spiro atoms. The lowest BCUT2D eigenvalue weighted by Crippen LogP contribution is -2.34. The van der Waals surface area contributed by atoms with Crippen LogP contribution in [-0.4, -0.2) is 38.5 Å². The Bertz CT molecular complexity index is 649. The maximum absolute atomic E-state index is 11.6. The third kappa shape index (κ3) is 3.32. The molecule has 0 radical (unpaired) electrons. The van der Waals surface area contributed by atoms with Crippen molar-refractivity contribution in [2.24, 2.45) is 0 Å². The van der Waals surface area contributed by atoms with Crippen molar-refractivity contribution in [1.82, 2.24) is 14.9 Å². The summed E-state index contributed by atoms with van der Waals surface area (Å²) in [5, 5.41) is 0.0235. The number of carbonyl (C=O) groups is 2. The maximum Gasteiger partial charge on any atom is 0.229 e. The molecule has 5 nitrogen and oxygen atoms in total. The van der Waals surface area contributed by atoms with E-state index in [0.29, 0.717) is 19.4 Å². The summed E-state index contributed by atoms with van der Waals surface area (Å²) in [6, 6.07) is 7.96. The highest BCUT2D eigenvalue weighted by atomic mass is 32.1. The van der Waals surface area contributed by atoms with Crippen molar-refractivity contribution in [2.75, 3.05) is 6.54 Å². The van der Waals surface area contributed by atoms with Crippen molar-refractivity contribution in [3.05, 3.63) is 30.1 Å². The molecule has 0 aliphatic carbocycles. The van der Waals surface area contributed by atoms with Gasteiger partial charge in [0.15, 0.2) is 0 Å². The van der Waals surface area contributed by atoms with Crippen LogP contribution < -0.4 is 0 Å². The van der Waals surface area contributed by atoms with Gasteiger partial charge in [-0.15, -0.1) is 0 Å². The number of imide groups is 1. The van der Waals surface area contributed by atoms with Crippen LogP contribution in [-0.2, 0) is 16.0 Å². The maximum atomic E-state index is 11.6. The second-order valence-corrected chi connectivity index (χ2v) is 6.38. The summed E-state index contributed by atoms with van der Waals surface area (Å²) in [6.07, 6.45) is 3.30. The molecule has 2 aromatic rings. The zero-order valence-corrected chi connectivity index (χ0v) is 13.2. The first-order valence-electron chi connectivity index (χ1n) is 7.58. The van der Waals surface area contributed by atoms with Gasteiger partial charge in [-0.3, -0.25) is 14.5 Å². The first kappa shape index (κ1) is 15.1. The lowest BCUT2D eigenvalue weighted by atomic mass is 10.1. The van der Waals surface area contributed by atoms with Crippen LogP contribution in [0, 0.1) is 0 Å². The van der Waals surface area contributed by atoms with Gasteiger partial charge in [-0.05, 0) is 25.0 Å². The molecule has 6 heteroatoms. The smallest absolute Gasteiger partial charge is 0.229 e. The third-order valence-corrected chi connectivity index (χ3v) is 4.36. The van der Waals surface area contributed by atoms with Gasteiger partial charge in [0.1, 0.15) is 5.82 Å². The molecule has 1 unspecified atom stereocenters. The fourth-order valence-corrected chi connectivity index (χ4v) is 3.10. The number of rotatable bonds is 6. The molecule has 3 rings (SSSR count). The van der Waals surface area contributed by atoms with E-state index in [4.69, 9.17) is 0 Å². The molecule has 1 aliphatic rings. The number of aromatic nitrogens is 2. The summed E-state index contributed by atoms with van der Waals surface area (Å²) in [7, 11) is 0. The number of H-pyrrole nitrogens is 1. The summed E-state index contributed by atoms with van der Waals surface area (Å²) in [5.41, 5.74) is 2.03. The molecule has 1 fully saturated rings. The number of hydrogen-bond acceptors (Lipinski definition) is 4. The summed E-state index contributed by atoms with van der Waals surface area (Å²) in [4.78, 5) is 32.3. The number of benzene rings is 1. The van der Waals surface area contributed by atoms with Crippen LogP contribution in [0.25, 0.3) is 11.0 Å². The molecule has 116 valence electrons. The summed E-state index contributed by atoms with van der Waals surface area (Å²) >= 11 is 4.51. The highest BCUT2D eigenvalue weighted by Gasteiger charge is 2.29. The molecule has 1 N–H and O–H groups in total. The van der Waals surface area contributed by atoms with Crippen LogP contribution in [0.3, 0.4) is 0 Å². The van der Waals surface area contributed by atoms with Crippen molar-refractivity contribution in [3.8, 4) is 0 Å². The highest BCUT2D eigenvalue weighted by Crippen LogP contribution is 2.17. The minimum absolute atomic E-state index is 0.0235. The second kappa shape index (κ2) is 6.52. The van der Waals surface area contributed by atoms with Crippen molar-refractivity contribution < 1.29 is 9.59 Å². The number of thiol groups is 1. The van der Waals surface area contributed by atoms with E-state index in [0.717, 1.165) is 36.1 Å². The third-order valence-electron chi connectivity index (χ3n) is 3.94. The predicted molar refractivity (Wildman–Crippen MR) is 87.8 cm³/mol. The van der Waals surface area contributed by atoms with E-state index in [9.17, 15) is 9.59 Å². The van der Waals surface area contributed by atoms with E-state index in [2.05, 4.69) is 22.6 Å². The Hall–Kier alpha value is -1.82. The first-order valence-corrected chi connectivity index (χ1v) is 8.10. The van der Waals surface area contributed by atoms with Gasteiger partial charge in [0.2, 0.25) is 11.8 Å². The average molecular weight is 317 g/mol. The standard InChI is InChI=1S/C16H19N3O2S/c20-15-8-9-16(21)19(15)10-11(22)4-3-7-14-17-12-5-1-2-6-13(12)18-14/h1-2,5-6,11,22H,3-4,7-10H2,(H,17,18). The van der Waals surface area contributed by atoms with E-state index >= 15 is 0 Å². The van der Waals surface area contributed by atoms with Gasteiger partial charge < -0.3 is 4.98 Å². The highest BCUT2D eigenvalue weighted by molar-refractivity contribution is 7.81. The van der Waals surface area contributed by atoms with Crippen LogP contribution in [0.15, 0.2) is 24.3 Å². The van der Waals surface area contributed by atoms with E-state index in [1.165, 1.54) is 4.90 Å².